The first kappa shape index (κ1) is 10.6. The van der Waals surface area contributed by atoms with E-state index in [1.54, 1.807) is 0 Å². The number of allylic oxidation sites excluding steroid dienone is 6. The van der Waals surface area contributed by atoms with Crippen LogP contribution in [-0.2, 0) is 0 Å². The van der Waals surface area contributed by atoms with Crippen molar-refractivity contribution < 1.29 is 0 Å². The van der Waals surface area contributed by atoms with Crippen LogP contribution in [0.5, 0.6) is 0 Å². The highest BCUT2D eigenvalue weighted by Crippen LogP contribution is 2.18. The third kappa shape index (κ3) is 2.76. The van der Waals surface area contributed by atoms with E-state index < -0.39 is 0 Å². The van der Waals surface area contributed by atoms with E-state index in [0.717, 1.165) is 17.8 Å². The Morgan fingerprint density at radius 3 is 2.62 bits per heavy atom. The van der Waals surface area contributed by atoms with Crippen LogP contribution in [0.25, 0.3) is 0 Å². The first-order valence-electron chi connectivity index (χ1n) is 5.36. The fourth-order valence-electron chi connectivity index (χ4n) is 1.47. The number of hydrogen-bond donors (Lipinski definition) is 0. The lowest BCUT2D eigenvalue weighted by molar-refractivity contribution is 1.07. The Balaban J connectivity index is 2.13. The molecule has 0 aliphatic heterocycles. The minimum absolute atomic E-state index is 0.887. The quantitative estimate of drug-likeness (QED) is 0.639. The third-order valence-corrected chi connectivity index (χ3v) is 2.42. The van der Waals surface area contributed by atoms with Gasteiger partial charge in [-0.05, 0) is 31.1 Å². The molecule has 16 heavy (non-hydrogen) atoms. The first-order chi connectivity index (χ1) is 7.86. The molecule has 2 rings (SSSR count). The smallest absolute Gasteiger partial charge is 0.0856 e. The number of benzene rings is 1. The molecule has 0 N–H and O–H groups in total. The van der Waals surface area contributed by atoms with Gasteiger partial charge in [-0.1, -0.05) is 42.5 Å². The Labute approximate surface area is 95.7 Å². The monoisotopic (exact) mass is 210 g/mol. The SMILES string of the molecule is CC(N=Nc1ccccc1)=C1C=CC=CC1. The molecule has 0 unspecified atom stereocenters. The molecule has 0 spiro atoms. The molecule has 1 aromatic rings. The zero-order valence-electron chi connectivity index (χ0n) is 9.30. The fraction of sp³-hybridized carbons (Fsp3) is 0.143. The maximum absolute atomic E-state index is 4.24. The molecule has 0 heterocycles. The van der Waals surface area contributed by atoms with Crippen molar-refractivity contribution in [2.45, 2.75) is 13.3 Å². The van der Waals surface area contributed by atoms with Gasteiger partial charge >= 0.3 is 0 Å². The Morgan fingerprint density at radius 1 is 1.12 bits per heavy atom. The van der Waals surface area contributed by atoms with Gasteiger partial charge in [-0.15, -0.1) is 0 Å². The summed E-state index contributed by atoms with van der Waals surface area (Å²) in [5.74, 6) is 0. The number of nitrogens with zero attached hydrogens (tertiary/aromatic N) is 2. The first-order valence-corrected chi connectivity index (χ1v) is 5.36. The Kier molecular flexibility index (Phi) is 3.44. The van der Waals surface area contributed by atoms with Gasteiger partial charge in [0.1, 0.15) is 0 Å². The summed E-state index contributed by atoms with van der Waals surface area (Å²) in [5.41, 5.74) is 3.09. The minimum atomic E-state index is 0.887. The summed E-state index contributed by atoms with van der Waals surface area (Å²) < 4.78 is 0. The summed E-state index contributed by atoms with van der Waals surface area (Å²) in [7, 11) is 0. The molecule has 1 aliphatic rings. The molecule has 80 valence electrons. The number of hydrogen-bond acceptors (Lipinski definition) is 2. The van der Waals surface area contributed by atoms with E-state index in [0.29, 0.717) is 0 Å². The zero-order valence-corrected chi connectivity index (χ0v) is 9.30. The van der Waals surface area contributed by atoms with Crippen LogP contribution in [0.3, 0.4) is 0 Å². The van der Waals surface area contributed by atoms with Crippen LogP contribution < -0.4 is 0 Å². The van der Waals surface area contributed by atoms with Crippen LogP contribution in [0.4, 0.5) is 5.69 Å². The van der Waals surface area contributed by atoms with Gasteiger partial charge in [0.2, 0.25) is 0 Å². The second kappa shape index (κ2) is 5.21. The molecule has 0 saturated carbocycles. The largest absolute Gasteiger partial charge is 0.155 e. The zero-order chi connectivity index (χ0) is 11.2. The predicted molar refractivity (Wildman–Crippen MR) is 66.6 cm³/mol. The van der Waals surface area contributed by atoms with Crippen LogP contribution in [0, 0.1) is 0 Å². The summed E-state index contributed by atoms with van der Waals surface area (Å²) in [5, 5.41) is 8.43. The van der Waals surface area contributed by atoms with Crippen LogP contribution in [0.2, 0.25) is 0 Å². The molecular formula is C14H14N2. The Bertz CT molecular complexity index is 465. The summed E-state index contributed by atoms with van der Waals surface area (Å²) in [6, 6.07) is 9.77. The average Bonchev–Trinajstić information content (AvgIpc) is 2.38. The lowest BCUT2D eigenvalue weighted by Crippen LogP contribution is -1.84. The van der Waals surface area contributed by atoms with E-state index in [1.165, 1.54) is 5.57 Å². The Hall–Kier alpha value is -1.96. The second-order valence-corrected chi connectivity index (χ2v) is 3.64. The van der Waals surface area contributed by atoms with Crippen LogP contribution >= 0.6 is 0 Å². The predicted octanol–water partition coefficient (Wildman–Crippen LogP) is 4.56. The summed E-state index contributed by atoms with van der Waals surface area (Å²) >= 11 is 0. The van der Waals surface area contributed by atoms with Crippen molar-refractivity contribution in [3.8, 4) is 0 Å². The molecule has 1 aromatic carbocycles. The molecule has 0 amide bonds. The van der Waals surface area contributed by atoms with Gasteiger partial charge in [0.05, 0.1) is 11.4 Å². The maximum atomic E-state index is 4.24. The van der Waals surface area contributed by atoms with Crippen LogP contribution in [0.1, 0.15) is 13.3 Å². The van der Waals surface area contributed by atoms with Crippen molar-refractivity contribution in [2.24, 2.45) is 10.2 Å². The maximum Gasteiger partial charge on any atom is 0.0856 e. The molecule has 0 radical (unpaired) electrons. The van der Waals surface area contributed by atoms with E-state index >= 15 is 0 Å². The van der Waals surface area contributed by atoms with E-state index in [1.807, 2.05) is 49.4 Å². The number of rotatable bonds is 2. The number of azo groups is 1. The molecule has 2 nitrogen and oxygen atoms in total. The molecule has 0 bridgehead atoms. The van der Waals surface area contributed by atoms with Crippen molar-refractivity contribution in [1.29, 1.82) is 0 Å². The third-order valence-electron chi connectivity index (χ3n) is 2.42. The highest BCUT2D eigenvalue weighted by Gasteiger charge is 1.98. The minimum Gasteiger partial charge on any atom is -0.155 e. The average molecular weight is 210 g/mol. The van der Waals surface area contributed by atoms with Gasteiger partial charge in [-0.3, -0.25) is 0 Å². The molecule has 1 aliphatic carbocycles. The van der Waals surface area contributed by atoms with Crippen LogP contribution in [0.15, 0.2) is 76.1 Å². The van der Waals surface area contributed by atoms with Gasteiger partial charge in [0.25, 0.3) is 0 Å². The molecular weight excluding hydrogens is 196 g/mol. The van der Waals surface area contributed by atoms with Crippen molar-refractivity contribution >= 4 is 5.69 Å². The molecule has 0 aromatic heterocycles. The topological polar surface area (TPSA) is 24.7 Å². The van der Waals surface area contributed by atoms with Gasteiger partial charge in [-0.25, -0.2) is 0 Å². The van der Waals surface area contributed by atoms with Gasteiger partial charge < -0.3 is 0 Å². The van der Waals surface area contributed by atoms with Crippen molar-refractivity contribution in [1.82, 2.24) is 0 Å². The van der Waals surface area contributed by atoms with Gasteiger partial charge in [0, 0.05) is 0 Å². The van der Waals surface area contributed by atoms with Crippen molar-refractivity contribution in [3.05, 3.63) is 65.9 Å². The fourth-order valence-corrected chi connectivity index (χ4v) is 1.47. The summed E-state index contributed by atoms with van der Waals surface area (Å²) in [6.07, 6.45) is 9.22. The normalized spacial score (nSPS) is 18.1. The highest BCUT2D eigenvalue weighted by atomic mass is 15.1. The van der Waals surface area contributed by atoms with Crippen molar-refractivity contribution in [2.75, 3.05) is 0 Å². The van der Waals surface area contributed by atoms with Crippen LogP contribution in [-0.4, -0.2) is 0 Å². The standard InChI is InChI=1S/C14H14N2/c1-12(13-8-4-2-5-9-13)15-16-14-10-6-3-7-11-14/h2-8,10-11H,9H2,1H3. The Morgan fingerprint density at radius 2 is 1.94 bits per heavy atom. The van der Waals surface area contributed by atoms with E-state index in [9.17, 15) is 0 Å². The molecule has 0 saturated heterocycles. The lowest BCUT2D eigenvalue weighted by Gasteiger charge is -2.03. The van der Waals surface area contributed by atoms with E-state index in [-0.39, 0.29) is 0 Å². The molecule has 0 fully saturated rings. The van der Waals surface area contributed by atoms with Gasteiger partial charge in [-0.2, -0.15) is 10.2 Å². The highest BCUT2D eigenvalue weighted by molar-refractivity contribution is 5.36. The van der Waals surface area contributed by atoms with Crippen molar-refractivity contribution in [3.63, 3.8) is 0 Å². The van der Waals surface area contributed by atoms with Gasteiger partial charge in [0.15, 0.2) is 0 Å². The molecule has 0 atom stereocenters. The lowest BCUT2D eigenvalue weighted by atomic mass is 10.1. The van der Waals surface area contributed by atoms with E-state index in [4.69, 9.17) is 0 Å². The summed E-state index contributed by atoms with van der Waals surface area (Å²) in [6.45, 7) is 1.99. The molecule has 2 heteroatoms. The summed E-state index contributed by atoms with van der Waals surface area (Å²) in [4.78, 5) is 0. The van der Waals surface area contributed by atoms with E-state index in [2.05, 4.69) is 22.4 Å². The second-order valence-electron chi connectivity index (χ2n) is 3.64.